The number of thioether (sulfide) groups is 1. The van der Waals surface area contributed by atoms with E-state index in [1.54, 1.807) is 24.2 Å². The van der Waals surface area contributed by atoms with E-state index in [4.69, 9.17) is 5.11 Å². The van der Waals surface area contributed by atoms with Crippen molar-refractivity contribution in [3.05, 3.63) is 24.0 Å². The van der Waals surface area contributed by atoms with E-state index < -0.39 is 5.97 Å². The van der Waals surface area contributed by atoms with Gasteiger partial charge in [-0.3, -0.25) is 0 Å². The van der Waals surface area contributed by atoms with Crippen LogP contribution in [-0.4, -0.2) is 26.8 Å². The maximum Gasteiger partial charge on any atom is 0.328 e. The van der Waals surface area contributed by atoms with Crippen molar-refractivity contribution in [3.8, 4) is 0 Å². The van der Waals surface area contributed by atoms with Crippen LogP contribution in [-0.2, 0) is 4.79 Å². The molecule has 0 radical (unpaired) electrons. The number of hydrogen-bond acceptors (Lipinski definition) is 4. The van der Waals surface area contributed by atoms with Crippen LogP contribution in [0.1, 0.15) is 18.9 Å². The molecule has 1 aromatic rings. The fourth-order valence-corrected chi connectivity index (χ4v) is 1.49. The molecule has 0 aromatic carbocycles. The first kappa shape index (κ1) is 11.7. The molecular formula is C10H12N2O2S. The summed E-state index contributed by atoms with van der Waals surface area (Å²) in [6, 6.07) is 0. The Morgan fingerprint density at radius 1 is 1.53 bits per heavy atom. The molecule has 0 atom stereocenters. The first-order valence-electron chi connectivity index (χ1n) is 4.58. The summed E-state index contributed by atoms with van der Waals surface area (Å²) in [5.74, 6) is 0.0176. The third-order valence-corrected chi connectivity index (χ3v) is 2.58. The van der Waals surface area contributed by atoms with Crippen molar-refractivity contribution >= 4 is 23.8 Å². The van der Waals surface area contributed by atoms with E-state index >= 15 is 0 Å². The number of aliphatic carboxylic acids is 1. The van der Waals surface area contributed by atoms with Crippen molar-refractivity contribution in [2.45, 2.75) is 18.5 Å². The summed E-state index contributed by atoms with van der Waals surface area (Å²) in [5.41, 5.74) is 0.693. The third kappa shape index (κ3) is 4.60. The number of carboxylic acid groups (broad SMARTS) is 1. The molecule has 15 heavy (non-hydrogen) atoms. The van der Waals surface area contributed by atoms with Gasteiger partial charge in [-0.25, -0.2) is 14.8 Å². The molecule has 0 amide bonds. The zero-order valence-corrected chi connectivity index (χ0v) is 9.20. The summed E-state index contributed by atoms with van der Waals surface area (Å²) < 4.78 is 0. The highest BCUT2D eigenvalue weighted by atomic mass is 32.2. The standard InChI is InChI=1S/C10H12N2O2S/c1-2-5-15-10-11-6-8(7-12-10)3-4-9(13)14/h3-4,6-7H,2,5H2,1H3,(H,13,14)/b4-3+. The van der Waals surface area contributed by atoms with E-state index in [1.807, 2.05) is 0 Å². The first-order chi connectivity index (χ1) is 7.22. The Balaban J connectivity index is 2.60. The molecule has 5 heteroatoms. The second-order valence-corrected chi connectivity index (χ2v) is 3.88. The fraction of sp³-hybridized carbons (Fsp3) is 0.300. The van der Waals surface area contributed by atoms with Gasteiger partial charge in [0.15, 0.2) is 5.16 Å². The molecular weight excluding hydrogens is 212 g/mol. The number of carboxylic acids is 1. The molecule has 1 aromatic heterocycles. The van der Waals surface area contributed by atoms with E-state index in [-0.39, 0.29) is 0 Å². The van der Waals surface area contributed by atoms with Crippen LogP contribution in [0, 0.1) is 0 Å². The Morgan fingerprint density at radius 3 is 2.73 bits per heavy atom. The lowest BCUT2D eigenvalue weighted by atomic mass is 10.3. The van der Waals surface area contributed by atoms with Crippen LogP contribution >= 0.6 is 11.8 Å². The van der Waals surface area contributed by atoms with Gasteiger partial charge in [-0.1, -0.05) is 18.7 Å². The van der Waals surface area contributed by atoms with E-state index in [0.717, 1.165) is 23.4 Å². The molecule has 0 saturated heterocycles. The van der Waals surface area contributed by atoms with E-state index in [1.165, 1.54) is 6.08 Å². The summed E-state index contributed by atoms with van der Waals surface area (Å²) in [6.45, 7) is 2.09. The van der Waals surface area contributed by atoms with Crippen molar-refractivity contribution in [1.82, 2.24) is 9.97 Å². The average molecular weight is 224 g/mol. The highest BCUT2D eigenvalue weighted by Crippen LogP contribution is 2.13. The van der Waals surface area contributed by atoms with Crippen molar-refractivity contribution in [2.24, 2.45) is 0 Å². The van der Waals surface area contributed by atoms with Gasteiger partial charge in [-0.05, 0) is 12.5 Å². The Bertz CT molecular complexity index is 349. The Morgan fingerprint density at radius 2 is 2.20 bits per heavy atom. The summed E-state index contributed by atoms with van der Waals surface area (Å²) in [6.07, 6.45) is 6.84. The molecule has 0 aliphatic heterocycles. The van der Waals surface area contributed by atoms with Crippen LogP contribution in [0.5, 0.6) is 0 Å². The fourth-order valence-electron chi connectivity index (χ4n) is 0.848. The normalized spacial score (nSPS) is 10.7. The molecule has 1 N–H and O–H groups in total. The van der Waals surface area contributed by atoms with Crippen LogP contribution in [0.25, 0.3) is 6.08 Å². The van der Waals surface area contributed by atoms with E-state index in [9.17, 15) is 4.79 Å². The van der Waals surface area contributed by atoms with Crippen LogP contribution in [0.15, 0.2) is 23.6 Å². The molecule has 0 aliphatic carbocycles. The minimum atomic E-state index is -0.973. The monoisotopic (exact) mass is 224 g/mol. The van der Waals surface area contributed by atoms with Gasteiger partial charge in [0.25, 0.3) is 0 Å². The topological polar surface area (TPSA) is 63.1 Å². The van der Waals surface area contributed by atoms with Gasteiger partial charge in [0, 0.05) is 29.8 Å². The van der Waals surface area contributed by atoms with Gasteiger partial charge in [0.2, 0.25) is 0 Å². The molecule has 0 bridgehead atoms. The Labute approximate surface area is 92.4 Å². The number of nitrogens with zero attached hydrogens (tertiary/aromatic N) is 2. The lowest BCUT2D eigenvalue weighted by Gasteiger charge is -1.97. The zero-order chi connectivity index (χ0) is 11.1. The SMILES string of the molecule is CCCSc1ncc(/C=C/C(=O)O)cn1. The smallest absolute Gasteiger partial charge is 0.328 e. The molecule has 80 valence electrons. The van der Waals surface area contributed by atoms with E-state index in [2.05, 4.69) is 16.9 Å². The minimum absolute atomic E-state index is 0.693. The molecule has 0 saturated carbocycles. The average Bonchev–Trinajstić information content (AvgIpc) is 2.25. The summed E-state index contributed by atoms with van der Waals surface area (Å²) in [7, 11) is 0. The number of carbonyl (C=O) groups is 1. The molecule has 1 heterocycles. The highest BCUT2D eigenvalue weighted by molar-refractivity contribution is 7.99. The second-order valence-electron chi connectivity index (χ2n) is 2.82. The summed E-state index contributed by atoms with van der Waals surface area (Å²) in [5, 5.41) is 9.14. The van der Waals surface area contributed by atoms with Gasteiger partial charge in [0.05, 0.1) is 0 Å². The Kier molecular flexibility index (Phi) is 4.83. The molecule has 0 fully saturated rings. The minimum Gasteiger partial charge on any atom is -0.478 e. The van der Waals surface area contributed by atoms with Crippen LogP contribution in [0.2, 0.25) is 0 Å². The van der Waals surface area contributed by atoms with Crippen molar-refractivity contribution < 1.29 is 9.90 Å². The lowest BCUT2D eigenvalue weighted by Crippen LogP contribution is -1.89. The largest absolute Gasteiger partial charge is 0.478 e. The molecule has 4 nitrogen and oxygen atoms in total. The maximum atomic E-state index is 10.2. The predicted octanol–water partition coefficient (Wildman–Crippen LogP) is 2.08. The van der Waals surface area contributed by atoms with Gasteiger partial charge < -0.3 is 5.11 Å². The van der Waals surface area contributed by atoms with Gasteiger partial charge in [-0.15, -0.1) is 0 Å². The predicted molar refractivity (Wildman–Crippen MR) is 59.7 cm³/mol. The second kappa shape index (κ2) is 6.19. The van der Waals surface area contributed by atoms with Crippen molar-refractivity contribution in [3.63, 3.8) is 0 Å². The zero-order valence-electron chi connectivity index (χ0n) is 8.38. The Hall–Kier alpha value is -1.36. The van der Waals surface area contributed by atoms with Crippen molar-refractivity contribution in [1.29, 1.82) is 0 Å². The maximum absolute atomic E-state index is 10.2. The molecule has 0 spiro atoms. The van der Waals surface area contributed by atoms with Gasteiger partial charge in [0.1, 0.15) is 0 Å². The highest BCUT2D eigenvalue weighted by Gasteiger charge is 1.96. The number of rotatable bonds is 5. The van der Waals surface area contributed by atoms with Gasteiger partial charge >= 0.3 is 5.97 Å². The lowest BCUT2D eigenvalue weighted by molar-refractivity contribution is -0.131. The quantitative estimate of drug-likeness (QED) is 0.471. The van der Waals surface area contributed by atoms with Crippen LogP contribution < -0.4 is 0 Å². The summed E-state index contributed by atoms with van der Waals surface area (Å²) in [4.78, 5) is 18.5. The summed E-state index contributed by atoms with van der Waals surface area (Å²) >= 11 is 1.59. The molecule has 0 unspecified atom stereocenters. The third-order valence-electron chi connectivity index (χ3n) is 1.50. The van der Waals surface area contributed by atoms with Crippen molar-refractivity contribution in [2.75, 3.05) is 5.75 Å². The first-order valence-corrected chi connectivity index (χ1v) is 5.56. The van der Waals surface area contributed by atoms with Gasteiger partial charge in [-0.2, -0.15) is 0 Å². The molecule has 1 rings (SSSR count). The van der Waals surface area contributed by atoms with Crippen LogP contribution in [0.3, 0.4) is 0 Å². The molecule has 0 aliphatic rings. The number of hydrogen-bond donors (Lipinski definition) is 1. The number of aromatic nitrogens is 2. The van der Waals surface area contributed by atoms with E-state index in [0.29, 0.717) is 5.56 Å². The van der Waals surface area contributed by atoms with Crippen LogP contribution in [0.4, 0.5) is 0 Å².